The lowest BCUT2D eigenvalue weighted by molar-refractivity contribution is -0.132. The van der Waals surface area contributed by atoms with Gasteiger partial charge in [-0.05, 0) is 48.7 Å². The minimum absolute atomic E-state index is 0.0307. The Morgan fingerprint density at radius 1 is 0.941 bits per heavy atom. The maximum atomic E-state index is 13.4. The summed E-state index contributed by atoms with van der Waals surface area (Å²) in [6.45, 7) is 5.17. The van der Waals surface area contributed by atoms with Gasteiger partial charge in [0.05, 0.1) is 24.0 Å². The fourth-order valence-corrected chi connectivity index (χ4v) is 4.92. The van der Waals surface area contributed by atoms with Crippen LogP contribution >= 0.6 is 0 Å². The number of fused-ring (bicyclic) bond motifs is 1. The number of halogens is 1. The summed E-state index contributed by atoms with van der Waals surface area (Å²) in [6, 6.07) is 12.0. The maximum Gasteiger partial charge on any atom is 0.253 e. The van der Waals surface area contributed by atoms with Crippen molar-refractivity contribution >= 4 is 22.8 Å². The number of aryl methyl sites for hydroxylation is 1. The highest BCUT2D eigenvalue weighted by Crippen LogP contribution is 2.21. The molecule has 0 unspecified atom stereocenters. The summed E-state index contributed by atoms with van der Waals surface area (Å²) in [5, 5.41) is 0. The number of carbonyl (C=O) groups excluding carboxylic acids is 2. The second kappa shape index (κ2) is 9.54. The molecule has 2 aliphatic heterocycles. The molecule has 5 rings (SSSR count). The standard InChI is InChI=1S/C26H30FN5O2/c1-29-23-8-7-20(26(34)32-9-2-3-10-32)17-22(23)28-24(29)18-30-11-13-31(14-12-30)25(33)16-19-5-4-6-21(27)15-19/h4-8,15,17H,2-3,9-14,16,18H2,1H3. The quantitative estimate of drug-likeness (QED) is 0.584. The van der Waals surface area contributed by atoms with Crippen molar-refractivity contribution in [2.75, 3.05) is 39.3 Å². The molecule has 2 saturated heterocycles. The first kappa shape index (κ1) is 22.5. The van der Waals surface area contributed by atoms with E-state index in [2.05, 4.69) is 9.47 Å². The van der Waals surface area contributed by atoms with Crippen molar-refractivity contribution in [3.05, 3.63) is 65.2 Å². The predicted octanol–water partition coefficient (Wildman–Crippen LogP) is 2.84. The van der Waals surface area contributed by atoms with E-state index in [0.29, 0.717) is 30.8 Å². The van der Waals surface area contributed by atoms with E-state index in [4.69, 9.17) is 4.98 Å². The summed E-state index contributed by atoms with van der Waals surface area (Å²) >= 11 is 0. The molecule has 2 aromatic carbocycles. The van der Waals surface area contributed by atoms with Crippen LogP contribution in [0, 0.1) is 5.82 Å². The SMILES string of the molecule is Cn1c(CN2CCN(C(=O)Cc3cccc(F)c3)CC2)nc2cc(C(=O)N3CCCC3)ccc21. The number of imidazole rings is 1. The highest BCUT2D eigenvalue weighted by molar-refractivity contribution is 5.97. The summed E-state index contributed by atoms with van der Waals surface area (Å²) in [7, 11) is 2.01. The molecule has 178 valence electrons. The molecule has 1 aromatic heterocycles. The first-order valence-corrected chi connectivity index (χ1v) is 12.0. The van der Waals surface area contributed by atoms with Gasteiger partial charge in [-0.25, -0.2) is 9.37 Å². The number of hydrogen-bond donors (Lipinski definition) is 0. The molecule has 3 aromatic rings. The van der Waals surface area contributed by atoms with E-state index < -0.39 is 0 Å². The number of rotatable bonds is 5. The Morgan fingerprint density at radius 2 is 1.71 bits per heavy atom. The normalized spacial score (nSPS) is 17.0. The molecular formula is C26H30FN5O2. The van der Waals surface area contributed by atoms with E-state index >= 15 is 0 Å². The van der Waals surface area contributed by atoms with Crippen molar-refractivity contribution in [3.8, 4) is 0 Å². The third-order valence-corrected chi connectivity index (χ3v) is 6.95. The Kier molecular flexibility index (Phi) is 6.32. The molecule has 3 heterocycles. The summed E-state index contributed by atoms with van der Waals surface area (Å²) in [5.41, 5.74) is 3.25. The number of amides is 2. The maximum absolute atomic E-state index is 13.4. The fraction of sp³-hybridized carbons (Fsp3) is 0.423. The van der Waals surface area contributed by atoms with Gasteiger partial charge in [-0.3, -0.25) is 14.5 Å². The Bertz CT molecular complexity index is 1210. The van der Waals surface area contributed by atoms with Crippen LogP contribution in [0.4, 0.5) is 4.39 Å². The molecule has 7 nitrogen and oxygen atoms in total. The molecule has 0 atom stereocenters. The molecule has 0 bridgehead atoms. The number of benzene rings is 2. The number of carbonyl (C=O) groups is 2. The Morgan fingerprint density at radius 3 is 2.44 bits per heavy atom. The summed E-state index contributed by atoms with van der Waals surface area (Å²) < 4.78 is 15.5. The fourth-order valence-electron chi connectivity index (χ4n) is 4.92. The van der Waals surface area contributed by atoms with Crippen LogP contribution in [0.15, 0.2) is 42.5 Å². The average molecular weight is 464 g/mol. The van der Waals surface area contributed by atoms with Crippen molar-refractivity contribution in [1.29, 1.82) is 0 Å². The van der Waals surface area contributed by atoms with Gasteiger partial charge in [0, 0.05) is 51.9 Å². The van der Waals surface area contributed by atoms with Crippen LogP contribution in [0.3, 0.4) is 0 Å². The van der Waals surface area contributed by atoms with Crippen molar-refractivity contribution in [2.45, 2.75) is 25.8 Å². The molecule has 0 N–H and O–H groups in total. The number of aromatic nitrogens is 2. The summed E-state index contributed by atoms with van der Waals surface area (Å²) in [6.07, 6.45) is 2.37. The van der Waals surface area contributed by atoms with Gasteiger partial charge in [0.25, 0.3) is 5.91 Å². The zero-order valence-electron chi connectivity index (χ0n) is 19.5. The van der Waals surface area contributed by atoms with Crippen molar-refractivity contribution in [3.63, 3.8) is 0 Å². The predicted molar refractivity (Wildman–Crippen MR) is 128 cm³/mol. The lowest BCUT2D eigenvalue weighted by Gasteiger charge is -2.34. The molecular weight excluding hydrogens is 433 g/mol. The first-order chi connectivity index (χ1) is 16.5. The topological polar surface area (TPSA) is 61.7 Å². The molecule has 2 aliphatic rings. The Hall–Kier alpha value is -3.26. The zero-order valence-corrected chi connectivity index (χ0v) is 19.5. The number of likely N-dealkylation sites (tertiary alicyclic amines) is 1. The monoisotopic (exact) mass is 463 g/mol. The van der Waals surface area contributed by atoms with E-state index in [0.717, 1.165) is 55.9 Å². The van der Waals surface area contributed by atoms with Gasteiger partial charge in [0.2, 0.25) is 5.91 Å². The van der Waals surface area contributed by atoms with Crippen LogP contribution in [0.1, 0.15) is 34.6 Å². The molecule has 0 saturated carbocycles. The molecule has 8 heteroatoms. The van der Waals surface area contributed by atoms with Gasteiger partial charge in [0.1, 0.15) is 11.6 Å². The molecule has 2 fully saturated rings. The molecule has 0 radical (unpaired) electrons. The van der Waals surface area contributed by atoms with Gasteiger partial charge in [-0.15, -0.1) is 0 Å². The van der Waals surface area contributed by atoms with Gasteiger partial charge >= 0.3 is 0 Å². The smallest absolute Gasteiger partial charge is 0.253 e. The van der Waals surface area contributed by atoms with Gasteiger partial charge in [0.15, 0.2) is 0 Å². The van der Waals surface area contributed by atoms with Crippen molar-refractivity contribution in [2.24, 2.45) is 7.05 Å². The highest BCUT2D eigenvalue weighted by Gasteiger charge is 2.24. The number of piperazine rings is 1. The average Bonchev–Trinajstić information content (AvgIpc) is 3.48. The lowest BCUT2D eigenvalue weighted by Crippen LogP contribution is -2.48. The van der Waals surface area contributed by atoms with Crippen molar-refractivity contribution < 1.29 is 14.0 Å². The second-order valence-electron chi connectivity index (χ2n) is 9.25. The van der Waals surface area contributed by atoms with Gasteiger partial charge in [-0.2, -0.15) is 0 Å². The summed E-state index contributed by atoms with van der Waals surface area (Å²) in [5.74, 6) is 0.749. The van der Waals surface area contributed by atoms with E-state index in [1.807, 2.05) is 35.0 Å². The largest absolute Gasteiger partial charge is 0.340 e. The Balaban J connectivity index is 1.20. The van der Waals surface area contributed by atoms with Crippen LogP contribution in [0.2, 0.25) is 0 Å². The van der Waals surface area contributed by atoms with E-state index in [-0.39, 0.29) is 24.1 Å². The second-order valence-corrected chi connectivity index (χ2v) is 9.25. The minimum Gasteiger partial charge on any atom is -0.340 e. The van der Waals surface area contributed by atoms with Crippen LogP contribution in [0.25, 0.3) is 11.0 Å². The van der Waals surface area contributed by atoms with Crippen LogP contribution < -0.4 is 0 Å². The van der Waals surface area contributed by atoms with E-state index in [1.54, 1.807) is 12.1 Å². The van der Waals surface area contributed by atoms with Crippen LogP contribution in [-0.2, 0) is 24.8 Å². The lowest BCUT2D eigenvalue weighted by atomic mass is 10.1. The highest BCUT2D eigenvalue weighted by atomic mass is 19.1. The Labute approximate surface area is 198 Å². The summed E-state index contributed by atoms with van der Waals surface area (Å²) in [4.78, 5) is 36.3. The van der Waals surface area contributed by atoms with Crippen LogP contribution in [-0.4, -0.2) is 75.3 Å². The van der Waals surface area contributed by atoms with Crippen molar-refractivity contribution in [1.82, 2.24) is 24.3 Å². The first-order valence-electron chi connectivity index (χ1n) is 12.0. The number of hydrogen-bond acceptors (Lipinski definition) is 4. The van der Waals surface area contributed by atoms with Crippen LogP contribution in [0.5, 0.6) is 0 Å². The molecule has 0 aliphatic carbocycles. The van der Waals surface area contributed by atoms with E-state index in [1.165, 1.54) is 12.1 Å². The molecule has 0 spiro atoms. The van der Waals surface area contributed by atoms with E-state index in [9.17, 15) is 14.0 Å². The minimum atomic E-state index is -0.315. The van der Waals surface area contributed by atoms with Gasteiger partial charge < -0.3 is 14.4 Å². The third kappa shape index (κ3) is 4.68. The number of nitrogens with zero attached hydrogens (tertiary/aromatic N) is 5. The molecule has 34 heavy (non-hydrogen) atoms. The zero-order chi connectivity index (χ0) is 23.7. The third-order valence-electron chi connectivity index (χ3n) is 6.95. The van der Waals surface area contributed by atoms with Gasteiger partial charge in [-0.1, -0.05) is 12.1 Å². The molecule has 2 amide bonds.